The Hall–Kier alpha value is -1.15. The summed E-state index contributed by atoms with van der Waals surface area (Å²) in [4.78, 5) is 4.62. The van der Waals surface area contributed by atoms with Crippen molar-refractivity contribution in [3.8, 4) is 0 Å². The van der Waals surface area contributed by atoms with Gasteiger partial charge in [0, 0.05) is 12.3 Å². The van der Waals surface area contributed by atoms with E-state index in [-0.39, 0.29) is 0 Å². The highest BCUT2D eigenvalue weighted by atomic mass is 14.8. The summed E-state index contributed by atoms with van der Waals surface area (Å²) >= 11 is 0. The molecular formula is C13H20N2. The molecule has 0 saturated heterocycles. The number of rotatable bonds is 3. The van der Waals surface area contributed by atoms with Gasteiger partial charge in [0.2, 0.25) is 0 Å². The lowest BCUT2D eigenvalue weighted by atomic mass is 10.0. The summed E-state index contributed by atoms with van der Waals surface area (Å²) in [6, 6.07) is 4.29. The Labute approximate surface area is 92.4 Å². The van der Waals surface area contributed by atoms with Crippen LogP contribution in [0.15, 0.2) is 17.1 Å². The molecule has 2 nitrogen and oxygen atoms in total. The lowest BCUT2D eigenvalue weighted by molar-refractivity contribution is 0.811. The number of aliphatic imine (C=N–C) groups is 1. The molecule has 82 valence electrons. The van der Waals surface area contributed by atoms with Crippen LogP contribution in [-0.4, -0.2) is 12.8 Å². The van der Waals surface area contributed by atoms with Gasteiger partial charge in [0.05, 0.1) is 5.69 Å². The molecule has 0 spiro atoms. The van der Waals surface area contributed by atoms with Crippen molar-refractivity contribution in [2.75, 3.05) is 7.05 Å². The van der Waals surface area contributed by atoms with Crippen molar-refractivity contribution < 1.29 is 0 Å². The molecular weight excluding hydrogens is 184 g/mol. The van der Waals surface area contributed by atoms with Gasteiger partial charge in [0.15, 0.2) is 0 Å². The van der Waals surface area contributed by atoms with Gasteiger partial charge in [-0.2, -0.15) is 0 Å². The summed E-state index contributed by atoms with van der Waals surface area (Å²) in [6.07, 6.45) is 0. The molecule has 0 aliphatic carbocycles. The number of nitrogens with one attached hydrogen (secondary N) is 1. The van der Waals surface area contributed by atoms with E-state index in [0.29, 0.717) is 0 Å². The van der Waals surface area contributed by atoms with Crippen molar-refractivity contribution in [3.63, 3.8) is 0 Å². The minimum atomic E-state index is 0.875. The van der Waals surface area contributed by atoms with Gasteiger partial charge in [-0.15, -0.1) is 0 Å². The molecule has 0 atom stereocenters. The Balaban J connectivity index is 3.31. The molecule has 0 aromatic heterocycles. The molecule has 0 fully saturated rings. The number of benzene rings is 1. The summed E-state index contributed by atoms with van der Waals surface area (Å²) in [6.45, 7) is 9.19. The van der Waals surface area contributed by atoms with Crippen molar-refractivity contribution in [3.05, 3.63) is 28.8 Å². The van der Waals surface area contributed by atoms with E-state index in [1.54, 1.807) is 0 Å². The number of aryl methyl sites for hydroxylation is 2. The fourth-order valence-corrected chi connectivity index (χ4v) is 1.63. The Morgan fingerprint density at radius 2 is 1.80 bits per heavy atom. The van der Waals surface area contributed by atoms with Crippen LogP contribution in [0.5, 0.6) is 0 Å². The van der Waals surface area contributed by atoms with Crippen LogP contribution in [0.25, 0.3) is 0 Å². The van der Waals surface area contributed by atoms with Crippen LogP contribution in [0.2, 0.25) is 0 Å². The zero-order valence-electron chi connectivity index (χ0n) is 10.3. The Morgan fingerprint density at radius 1 is 1.20 bits per heavy atom. The zero-order valence-corrected chi connectivity index (χ0v) is 10.3. The summed E-state index contributed by atoms with van der Waals surface area (Å²) in [5.41, 5.74) is 6.08. The smallest absolute Gasteiger partial charge is 0.0705 e. The lowest BCUT2D eigenvalue weighted by Crippen LogP contribution is -2.07. The molecule has 1 aromatic carbocycles. The SMILES string of the molecule is CNCc1c(C)ccc(C)c1N=C(C)C. The molecule has 1 rings (SSSR count). The van der Waals surface area contributed by atoms with Crippen molar-refractivity contribution in [1.82, 2.24) is 5.32 Å². The van der Waals surface area contributed by atoms with Crippen LogP contribution in [0, 0.1) is 13.8 Å². The fourth-order valence-electron chi connectivity index (χ4n) is 1.63. The average molecular weight is 204 g/mol. The molecule has 1 aromatic rings. The first kappa shape index (κ1) is 11.9. The molecule has 0 aliphatic heterocycles. The number of hydrogen-bond acceptors (Lipinski definition) is 2. The Morgan fingerprint density at radius 3 is 2.33 bits per heavy atom. The van der Waals surface area contributed by atoms with E-state index in [9.17, 15) is 0 Å². The van der Waals surface area contributed by atoms with Gasteiger partial charge in [-0.05, 0) is 51.4 Å². The summed E-state index contributed by atoms with van der Waals surface area (Å²) in [5, 5.41) is 3.20. The lowest BCUT2D eigenvalue weighted by Gasteiger charge is -2.12. The van der Waals surface area contributed by atoms with E-state index in [1.165, 1.54) is 16.7 Å². The molecule has 0 saturated carbocycles. The quantitative estimate of drug-likeness (QED) is 0.752. The second-order valence-electron chi connectivity index (χ2n) is 4.12. The van der Waals surface area contributed by atoms with Crippen LogP contribution in [0.4, 0.5) is 5.69 Å². The van der Waals surface area contributed by atoms with Crippen LogP contribution < -0.4 is 5.32 Å². The van der Waals surface area contributed by atoms with Crippen molar-refractivity contribution in [1.29, 1.82) is 0 Å². The number of nitrogens with zero attached hydrogens (tertiary/aromatic N) is 1. The summed E-state index contributed by atoms with van der Waals surface area (Å²) in [5.74, 6) is 0. The summed E-state index contributed by atoms with van der Waals surface area (Å²) in [7, 11) is 1.97. The minimum absolute atomic E-state index is 0.875. The van der Waals surface area contributed by atoms with Gasteiger partial charge in [0.1, 0.15) is 0 Å². The van der Waals surface area contributed by atoms with E-state index in [2.05, 4.69) is 36.3 Å². The van der Waals surface area contributed by atoms with Gasteiger partial charge in [-0.25, -0.2) is 0 Å². The Bertz CT molecular complexity index is 374. The topological polar surface area (TPSA) is 24.4 Å². The number of hydrogen-bond donors (Lipinski definition) is 1. The fraction of sp³-hybridized carbons (Fsp3) is 0.462. The molecule has 2 heteroatoms. The second-order valence-corrected chi connectivity index (χ2v) is 4.12. The first-order valence-electron chi connectivity index (χ1n) is 5.32. The van der Waals surface area contributed by atoms with Crippen molar-refractivity contribution in [2.24, 2.45) is 4.99 Å². The molecule has 0 unspecified atom stereocenters. The molecule has 0 radical (unpaired) electrons. The third-order valence-electron chi connectivity index (χ3n) is 2.41. The van der Waals surface area contributed by atoms with E-state index in [4.69, 9.17) is 0 Å². The molecule has 0 heterocycles. The van der Waals surface area contributed by atoms with E-state index in [1.807, 2.05) is 20.9 Å². The van der Waals surface area contributed by atoms with Gasteiger partial charge >= 0.3 is 0 Å². The Kier molecular flexibility index (Phi) is 4.04. The van der Waals surface area contributed by atoms with E-state index < -0.39 is 0 Å². The molecule has 0 bridgehead atoms. The highest BCUT2D eigenvalue weighted by Crippen LogP contribution is 2.27. The third kappa shape index (κ3) is 2.90. The van der Waals surface area contributed by atoms with Gasteiger partial charge < -0.3 is 5.32 Å². The van der Waals surface area contributed by atoms with Crippen molar-refractivity contribution in [2.45, 2.75) is 34.2 Å². The standard InChI is InChI=1S/C13H20N2/c1-9(2)15-13-11(4)7-6-10(3)12(13)8-14-5/h6-7,14H,8H2,1-5H3. The highest BCUT2D eigenvalue weighted by molar-refractivity contribution is 5.83. The monoisotopic (exact) mass is 204 g/mol. The van der Waals surface area contributed by atoms with Gasteiger partial charge in [0.25, 0.3) is 0 Å². The third-order valence-corrected chi connectivity index (χ3v) is 2.41. The molecule has 0 amide bonds. The second kappa shape index (κ2) is 5.08. The predicted molar refractivity (Wildman–Crippen MR) is 67.1 cm³/mol. The average Bonchev–Trinajstić information content (AvgIpc) is 2.17. The highest BCUT2D eigenvalue weighted by Gasteiger charge is 2.07. The van der Waals surface area contributed by atoms with Gasteiger partial charge in [-0.3, -0.25) is 4.99 Å². The first-order chi connectivity index (χ1) is 7.06. The predicted octanol–water partition coefficient (Wildman–Crippen LogP) is 3.14. The molecule has 0 aliphatic rings. The summed E-state index contributed by atoms with van der Waals surface area (Å²) < 4.78 is 0. The maximum Gasteiger partial charge on any atom is 0.0705 e. The van der Waals surface area contributed by atoms with Crippen LogP contribution in [-0.2, 0) is 6.54 Å². The van der Waals surface area contributed by atoms with E-state index >= 15 is 0 Å². The van der Waals surface area contributed by atoms with Crippen molar-refractivity contribution >= 4 is 11.4 Å². The first-order valence-corrected chi connectivity index (χ1v) is 5.32. The molecule has 1 N–H and O–H groups in total. The largest absolute Gasteiger partial charge is 0.316 e. The zero-order chi connectivity index (χ0) is 11.4. The van der Waals surface area contributed by atoms with Crippen LogP contribution in [0.3, 0.4) is 0 Å². The van der Waals surface area contributed by atoms with Crippen LogP contribution in [0.1, 0.15) is 30.5 Å². The minimum Gasteiger partial charge on any atom is -0.316 e. The maximum absolute atomic E-state index is 4.62. The van der Waals surface area contributed by atoms with Gasteiger partial charge in [-0.1, -0.05) is 12.1 Å². The van der Waals surface area contributed by atoms with Crippen LogP contribution >= 0.6 is 0 Å². The molecule has 15 heavy (non-hydrogen) atoms. The van der Waals surface area contributed by atoms with E-state index in [0.717, 1.165) is 17.9 Å². The maximum atomic E-state index is 4.62. The normalized spacial score (nSPS) is 10.2.